The number of hydrogen-bond acceptors (Lipinski definition) is 1. The molecule has 0 radical (unpaired) electrons. The molecular weight excluding hydrogens is 251 g/mol. The summed E-state index contributed by atoms with van der Waals surface area (Å²) in [5.41, 5.74) is 8.32. The summed E-state index contributed by atoms with van der Waals surface area (Å²) in [7, 11) is 0. The molecule has 0 aromatic heterocycles. The van der Waals surface area contributed by atoms with Gasteiger partial charge in [-0.3, -0.25) is 0 Å². The Morgan fingerprint density at radius 1 is 1.05 bits per heavy atom. The zero-order valence-electron chi connectivity index (χ0n) is 10.5. The molecule has 0 bridgehead atoms. The van der Waals surface area contributed by atoms with E-state index in [2.05, 4.69) is 0 Å². The molecule has 2 aromatic carbocycles. The molecular formula is C15H14F3N. The Labute approximate surface area is 109 Å². The molecule has 0 aliphatic heterocycles. The fourth-order valence-electron chi connectivity index (χ4n) is 1.95. The molecule has 2 N–H and O–H groups in total. The van der Waals surface area contributed by atoms with Crippen molar-refractivity contribution in [3.8, 4) is 0 Å². The fraction of sp³-hybridized carbons (Fsp3) is 0.200. The van der Waals surface area contributed by atoms with Crippen LogP contribution >= 0.6 is 0 Å². The quantitative estimate of drug-likeness (QED) is 0.810. The molecule has 2 aromatic rings. The van der Waals surface area contributed by atoms with Gasteiger partial charge in [0.2, 0.25) is 0 Å². The number of rotatable bonds is 2. The Hall–Kier alpha value is -1.97. The third kappa shape index (κ3) is 3.28. The molecule has 0 spiro atoms. The number of halogens is 3. The number of alkyl halides is 3. The summed E-state index contributed by atoms with van der Waals surface area (Å²) in [6, 6.07) is 10.9. The zero-order chi connectivity index (χ0) is 14.0. The highest BCUT2D eigenvalue weighted by atomic mass is 19.4. The standard InChI is InChI=1S/C15H14F3N/c1-10-5-6-12(14(19)7-10)8-11-3-2-4-13(9-11)15(16,17)18/h2-7,9H,8,19H2,1H3. The van der Waals surface area contributed by atoms with Crippen LogP contribution in [0, 0.1) is 6.92 Å². The van der Waals surface area contributed by atoms with Crippen LogP contribution in [0.2, 0.25) is 0 Å². The number of anilines is 1. The van der Waals surface area contributed by atoms with Crippen molar-refractivity contribution in [3.63, 3.8) is 0 Å². The SMILES string of the molecule is Cc1ccc(Cc2cccc(C(F)(F)F)c2)c(N)c1. The Morgan fingerprint density at radius 3 is 2.42 bits per heavy atom. The van der Waals surface area contributed by atoms with Gasteiger partial charge in [0.1, 0.15) is 0 Å². The largest absolute Gasteiger partial charge is 0.416 e. The van der Waals surface area contributed by atoms with Crippen molar-refractivity contribution in [1.82, 2.24) is 0 Å². The van der Waals surface area contributed by atoms with Gasteiger partial charge in [0.15, 0.2) is 0 Å². The van der Waals surface area contributed by atoms with E-state index in [0.29, 0.717) is 17.7 Å². The number of aryl methyl sites for hydroxylation is 1. The van der Waals surface area contributed by atoms with E-state index < -0.39 is 11.7 Å². The highest BCUT2D eigenvalue weighted by Crippen LogP contribution is 2.30. The van der Waals surface area contributed by atoms with Crippen LogP contribution in [0.1, 0.15) is 22.3 Å². The van der Waals surface area contributed by atoms with Gasteiger partial charge in [-0.15, -0.1) is 0 Å². The second-order valence-corrected chi connectivity index (χ2v) is 4.58. The van der Waals surface area contributed by atoms with E-state index in [-0.39, 0.29) is 0 Å². The summed E-state index contributed by atoms with van der Waals surface area (Å²) < 4.78 is 37.8. The van der Waals surface area contributed by atoms with Crippen LogP contribution in [0.3, 0.4) is 0 Å². The first-order valence-electron chi connectivity index (χ1n) is 5.87. The van der Waals surface area contributed by atoms with E-state index in [1.54, 1.807) is 6.07 Å². The van der Waals surface area contributed by atoms with Gasteiger partial charge in [0.05, 0.1) is 5.56 Å². The molecule has 0 unspecified atom stereocenters. The number of nitrogens with two attached hydrogens (primary N) is 1. The summed E-state index contributed by atoms with van der Waals surface area (Å²) in [6.07, 6.45) is -3.91. The lowest BCUT2D eigenvalue weighted by Crippen LogP contribution is -2.05. The van der Waals surface area contributed by atoms with Gasteiger partial charge in [-0.05, 0) is 42.2 Å². The minimum absolute atomic E-state index is 0.399. The van der Waals surface area contributed by atoms with Crippen molar-refractivity contribution >= 4 is 5.69 Å². The molecule has 0 fully saturated rings. The van der Waals surface area contributed by atoms with Crippen molar-refractivity contribution in [2.45, 2.75) is 19.5 Å². The third-order valence-corrected chi connectivity index (χ3v) is 2.95. The lowest BCUT2D eigenvalue weighted by molar-refractivity contribution is -0.137. The average molecular weight is 265 g/mol. The van der Waals surface area contributed by atoms with Crippen LogP contribution in [0.25, 0.3) is 0 Å². The predicted octanol–water partition coefficient (Wildman–Crippen LogP) is 4.19. The lowest BCUT2D eigenvalue weighted by atomic mass is 10.0. The molecule has 0 saturated carbocycles. The number of nitrogen functional groups attached to an aromatic ring is 1. The molecule has 0 aliphatic carbocycles. The van der Waals surface area contributed by atoms with Gasteiger partial charge in [-0.1, -0.05) is 30.3 Å². The smallest absolute Gasteiger partial charge is 0.398 e. The molecule has 4 heteroatoms. The van der Waals surface area contributed by atoms with Crippen LogP contribution in [0.4, 0.5) is 18.9 Å². The maximum atomic E-state index is 12.6. The van der Waals surface area contributed by atoms with E-state index in [4.69, 9.17) is 5.73 Å². The summed E-state index contributed by atoms with van der Waals surface area (Å²) in [6.45, 7) is 1.92. The van der Waals surface area contributed by atoms with Gasteiger partial charge >= 0.3 is 6.18 Å². The van der Waals surface area contributed by atoms with Crippen LogP contribution < -0.4 is 5.73 Å². The van der Waals surface area contributed by atoms with E-state index in [1.165, 1.54) is 12.1 Å². The molecule has 0 heterocycles. The normalized spacial score (nSPS) is 11.6. The first-order valence-corrected chi connectivity index (χ1v) is 5.87. The maximum absolute atomic E-state index is 12.6. The molecule has 100 valence electrons. The second kappa shape index (κ2) is 4.96. The topological polar surface area (TPSA) is 26.0 Å². The van der Waals surface area contributed by atoms with Crippen molar-refractivity contribution in [2.24, 2.45) is 0 Å². The van der Waals surface area contributed by atoms with Crippen LogP contribution in [-0.2, 0) is 12.6 Å². The Bertz CT molecular complexity index is 588. The van der Waals surface area contributed by atoms with Gasteiger partial charge in [-0.2, -0.15) is 13.2 Å². The highest BCUT2D eigenvalue weighted by Gasteiger charge is 2.30. The summed E-state index contributed by atoms with van der Waals surface area (Å²) >= 11 is 0. The Morgan fingerprint density at radius 2 is 1.79 bits per heavy atom. The minimum atomic E-state index is -4.31. The first kappa shape index (κ1) is 13.5. The van der Waals surface area contributed by atoms with E-state index in [9.17, 15) is 13.2 Å². The zero-order valence-corrected chi connectivity index (χ0v) is 10.5. The molecule has 1 nitrogen and oxygen atoms in total. The van der Waals surface area contributed by atoms with Crippen molar-refractivity contribution < 1.29 is 13.2 Å². The third-order valence-electron chi connectivity index (χ3n) is 2.95. The maximum Gasteiger partial charge on any atom is 0.416 e. The molecule has 2 rings (SSSR count). The van der Waals surface area contributed by atoms with Gasteiger partial charge < -0.3 is 5.73 Å². The van der Waals surface area contributed by atoms with Crippen LogP contribution in [0.5, 0.6) is 0 Å². The molecule has 19 heavy (non-hydrogen) atoms. The summed E-state index contributed by atoms with van der Waals surface area (Å²) in [4.78, 5) is 0. The number of benzene rings is 2. The fourth-order valence-corrected chi connectivity index (χ4v) is 1.95. The predicted molar refractivity (Wildman–Crippen MR) is 69.8 cm³/mol. The molecule has 0 saturated heterocycles. The molecule has 0 aliphatic rings. The Kier molecular flexibility index (Phi) is 3.51. The van der Waals surface area contributed by atoms with Gasteiger partial charge in [0, 0.05) is 5.69 Å². The van der Waals surface area contributed by atoms with Crippen molar-refractivity contribution in [3.05, 3.63) is 64.7 Å². The average Bonchev–Trinajstić information content (AvgIpc) is 2.32. The van der Waals surface area contributed by atoms with Crippen LogP contribution in [0.15, 0.2) is 42.5 Å². The molecule has 0 atom stereocenters. The Balaban J connectivity index is 2.29. The monoisotopic (exact) mass is 265 g/mol. The lowest BCUT2D eigenvalue weighted by Gasteiger charge is -2.10. The van der Waals surface area contributed by atoms with E-state index in [0.717, 1.165) is 17.2 Å². The van der Waals surface area contributed by atoms with E-state index in [1.807, 2.05) is 25.1 Å². The van der Waals surface area contributed by atoms with Crippen LogP contribution in [-0.4, -0.2) is 0 Å². The highest BCUT2D eigenvalue weighted by molar-refractivity contribution is 5.51. The second-order valence-electron chi connectivity index (χ2n) is 4.58. The number of hydrogen-bond donors (Lipinski definition) is 1. The van der Waals surface area contributed by atoms with E-state index >= 15 is 0 Å². The van der Waals surface area contributed by atoms with Crippen molar-refractivity contribution in [2.75, 3.05) is 5.73 Å². The molecule has 0 amide bonds. The summed E-state index contributed by atoms with van der Waals surface area (Å²) in [5.74, 6) is 0. The van der Waals surface area contributed by atoms with Crippen molar-refractivity contribution in [1.29, 1.82) is 0 Å². The van der Waals surface area contributed by atoms with Gasteiger partial charge in [0.25, 0.3) is 0 Å². The minimum Gasteiger partial charge on any atom is -0.398 e. The van der Waals surface area contributed by atoms with Gasteiger partial charge in [-0.25, -0.2) is 0 Å². The summed E-state index contributed by atoms with van der Waals surface area (Å²) in [5, 5.41) is 0. The first-order chi connectivity index (χ1) is 8.86.